The van der Waals surface area contributed by atoms with Crippen molar-refractivity contribution in [2.24, 2.45) is 5.92 Å². The molecular formula is C21H14F4N2O4. The van der Waals surface area contributed by atoms with Gasteiger partial charge in [0.1, 0.15) is 11.6 Å². The normalized spacial score (nSPS) is 16.0. The average molecular weight is 434 g/mol. The van der Waals surface area contributed by atoms with Crippen molar-refractivity contribution in [3.63, 3.8) is 0 Å². The molecule has 10 heteroatoms. The quantitative estimate of drug-likeness (QED) is 0.668. The summed E-state index contributed by atoms with van der Waals surface area (Å²) in [4.78, 5) is 23.8. The highest BCUT2D eigenvalue weighted by atomic mass is 19.4. The number of anilines is 1. The number of alkyl halides is 3. The second-order valence-electron chi connectivity index (χ2n) is 6.64. The number of carboxylic acid groups (broad SMARTS) is 1. The highest BCUT2D eigenvalue weighted by Crippen LogP contribution is 2.34. The van der Waals surface area contributed by atoms with Crippen LogP contribution in [0, 0.1) is 23.1 Å². The van der Waals surface area contributed by atoms with E-state index in [1.807, 2.05) is 6.07 Å². The monoisotopic (exact) mass is 434 g/mol. The smallest absolute Gasteiger partial charge is 0.478 e. The lowest BCUT2D eigenvalue weighted by atomic mass is 10.0. The third kappa shape index (κ3) is 5.01. The van der Waals surface area contributed by atoms with Crippen LogP contribution in [0.1, 0.15) is 12.8 Å². The van der Waals surface area contributed by atoms with Gasteiger partial charge in [0, 0.05) is 11.1 Å². The molecule has 6 nitrogen and oxygen atoms in total. The van der Waals surface area contributed by atoms with Crippen LogP contribution in [0.5, 0.6) is 5.75 Å². The van der Waals surface area contributed by atoms with E-state index in [4.69, 9.17) is 5.26 Å². The zero-order chi connectivity index (χ0) is 22.8. The number of nitriles is 1. The molecule has 2 aromatic rings. The molecule has 0 spiro atoms. The average Bonchev–Trinajstić information content (AvgIpc) is 3.13. The summed E-state index contributed by atoms with van der Waals surface area (Å²) < 4.78 is 55.6. The summed E-state index contributed by atoms with van der Waals surface area (Å²) in [6, 6.07) is 10.4. The van der Waals surface area contributed by atoms with Gasteiger partial charge in [-0.2, -0.15) is 5.26 Å². The number of hydrogen-bond acceptors (Lipinski definition) is 4. The van der Waals surface area contributed by atoms with E-state index in [9.17, 15) is 32.3 Å². The first-order valence-corrected chi connectivity index (χ1v) is 8.92. The van der Waals surface area contributed by atoms with Crippen LogP contribution in [0.3, 0.4) is 0 Å². The second-order valence-corrected chi connectivity index (χ2v) is 6.64. The van der Waals surface area contributed by atoms with Crippen molar-refractivity contribution in [2.75, 3.05) is 5.32 Å². The molecular weight excluding hydrogens is 420 g/mol. The number of amides is 1. The van der Waals surface area contributed by atoms with Gasteiger partial charge in [0.2, 0.25) is 0 Å². The van der Waals surface area contributed by atoms with Crippen molar-refractivity contribution >= 4 is 17.6 Å². The molecule has 0 saturated heterocycles. The minimum Gasteiger partial charge on any atom is -0.478 e. The molecule has 0 radical (unpaired) electrons. The maximum absolute atomic E-state index is 14.6. The fourth-order valence-electron chi connectivity index (χ4n) is 3.28. The van der Waals surface area contributed by atoms with Crippen LogP contribution in [0.4, 0.5) is 23.2 Å². The number of carbonyl (C=O) groups is 2. The molecule has 0 aliphatic heterocycles. The second kappa shape index (κ2) is 8.47. The Hall–Kier alpha value is -3.87. The summed E-state index contributed by atoms with van der Waals surface area (Å²) in [7, 11) is 0. The van der Waals surface area contributed by atoms with Crippen molar-refractivity contribution < 1.29 is 37.0 Å². The lowest BCUT2D eigenvalue weighted by Crippen LogP contribution is -2.20. The van der Waals surface area contributed by atoms with Crippen molar-refractivity contribution in [1.82, 2.24) is 0 Å². The van der Waals surface area contributed by atoms with Gasteiger partial charge in [0.25, 0.3) is 5.91 Å². The first-order chi connectivity index (χ1) is 14.6. The van der Waals surface area contributed by atoms with Gasteiger partial charge in [-0.05, 0) is 48.2 Å². The van der Waals surface area contributed by atoms with Crippen molar-refractivity contribution in [3.05, 3.63) is 59.4 Å². The molecule has 0 aromatic heterocycles. The third-order valence-corrected chi connectivity index (χ3v) is 4.63. The number of aliphatic carboxylic acids is 1. The third-order valence-electron chi connectivity index (χ3n) is 4.63. The number of carbonyl (C=O) groups excluding carboxylic acids is 1. The number of nitrogens with zero attached hydrogens (tertiary/aromatic N) is 1. The zero-order valence-corrected chi connectivity index (χ0v) is 15.7. The summed E-state index contributed by atoms with van der Waals surface area (Å²) in [6.45, 7) is 0. The molecule has 0 saturated carbocycles. The van der Waals surface area contributed by atoms with Crippen LogP contribution >= 0.6 is 0 Å². The molecule has 2 N–H and O–H groups in total. The SMILES string of the molecule is N#CC1CCC(C(=O)O)=C1C(=O)Nc1ccc(-c2cccc(OC(F)(F)F)c2)cc1F. The maximum atomic E-state index is 14.6. The lowest BCUT2D eigenvalue weighted by molar-refractivity contribution is -0.274. The van der Waals surface area contributed by atoms with Crippen LogP contribution in [0.2, 0.25) is 0 Å². The molecule has 1 aliphatic rings. The Kier molecular flexibility index (Phi) is 5.97. The Bertz CT molecular complexity index is 1120. The highest BCUT2D eigenvalue weighted by Gasteiger charge is 2.34. The fourth-order valence-corrected chi connectivity index (χ4v) is 3.28. The predicted molar refractivity (Wildman–Crippen MR) is 100 cm³/mol. The topological polar surface area (TPSA) is 99.4 Å². The van der Waals surface area contributed by atoms with Crippen LogP contribution in [-0.4, -0.2) is 23.3 Å². The Morgan fingerprint density at radius 1 is 1.16 bits per heavy atom. The minimum absolute atomic E-state index is 0.0497. The maximum Gasteiger partial charge on any atom is 0.573 e. The summed E-state index contributed by atoms with van der Waals surface area (Å²) >= 11 is 0. The summed E-state index contributed by atoms with van der Waals surface area (Å²) in [5, 5.41) is 20.6. The van der Waals surface area contributed by atoms with Gasteiger partial charge in [0.15, 0.2) is 0 Å². The molecule has 160 valence electrons. The largest absolute Gasteiger partial charge is 0.573 e. The van der Waals surface area contributed by atoms with E-state index >= 15 is 0 Å². The van der Waals surface area contributed by atoms with E-state index in [1.165, 1.54) is 24.3 Å². The molecule has 0 bridgehead atoms. The molecule has 1 aliphatic carbocycles. The van der Waals surface area contributed by atoms with Gasteiger partial charge in [-0.1, -0.05) is 18.2 Å². The Morgan fingerprint density at radius 3 is 2.48 bits per heavy atom. The van der Waals surface area contributed by atoms with Gasteiger partial charge in [-0.25, -0.2) is 9.18 Å². The van der Waals surface area contributed by atoms with E-state index in [0.717, 1.165) is 18.2 Å². The summed E-state index contributed by atoms with van der Waals surface area (Å²) in [5.74, 6) is -4.49. The van der Waals surface area contributed by atoms with Crippen LogP contribution < -0.4 is 10.1 Å². The molecule has 0 heterocycles. The Morgan fingerprint density at radius 2 is 1.87 bits per heavy atom. The molecule has 0 fully saturated rings. The van der Waals surface area contributed by atoms with E-state index in [-0.39, 0.29) is 40.8 Å². The van der Waals surface area contributed by atoms with E-state index in [0.29, 0.717) is 0 Å². The Labute approximate surface area is 173 Å². The van der Waals surface area contributed by atoms with Gasteiger partial charge in [-0.15, -0.1) is 13.2 Å². The van der Waals surface area contributed by atoms with Crippen LogP contribution in [0.15, 0.2) is 53.6 Å². The predicted octanol–water partition coefficient (Wildman–Crippen LogP) is 4.64. The molecule has 2 aromatic carbocycles. The van der Waals surface area contributed by atoms with Gasteiger partial charge in [0.05, 0.1) is 17.7 Å². The molecule has 1 atom stereocenters. The molecule has 1 unspecified atom stereocenters. The summed E-state index contributed by atoms with van der Waals surface area (Å²) in [5.41, 5.74) is -0.200. The van der Waals surface area contributed by atoms with E-state index < -0.39 is 35.7 Å². The lowest BCUT2D eigenvalue weighted by Gasteiger charge is -2.12. The number of rotatable bonds is 5. The van der Waals surface area contributed by atoms with E-state index in [2.05, 4.69) is 10.1 Å². The van der Waals surface area contributed by atoms with Gasteiger partial charge in [-0.3, -0.25) is 4.79 Å². The number of carboxylic acids is 1. The standard InChI is InChI=1S/C21H14F4N2O4/c22-16-9-12(11-2-1-3-14(8-11)31-21(23,24)25)5-7-17(16)27-19(28)18-13(10-26)4-6-15(18)20(29)30/h1-3,5,7-9,13H,4,6H2,(H,27,28)(H,29,30). The number of nitrogens with one attached hydrogen (secondary N) is 1. The van der Waals surface area contributed by atoms with Gasteiger partial charge < -0.3 is 15.2 Å². The zero-order valence-electron chi connectivity index (χ0n) is 15.7. The Balaban J connectivity index is 1.84. The number of halogens is 4. The number of benzene rings is 2. The first-order valence-electron chi connectivity index (χ1n) is 8.92. The minimum atomic E-state index is -4.87. The van der Waals surface area contributed by atoms with Crippen molar-refractivity contribution in [3.8, 4) is 22.9 Å². The van der Waals surface area contributed by atoms with Crippen molar-refractivity contribution in [1.29, 1.82) is 5.26 Å². The first kappa shape index (κ1) is 21.8. The van der Waals surface area contributed by atoms with Crippen LogP contribution in [0.25, 0.3) is 11.1 Å². The molecule has 3 rings (SSSR count). The molecule has 31 heavy (non-hydrogen) atoms. The van der Waals surface area contributed by atoms with Crippen LogP contribution in [-0.2, 0) is 9.59 Å². The number of ether oxygens (including phenoxy) is 1. The van der Waals surface area contributed by atoms with E-state index in [1.54, 1.807) is 0 Å². The van der Waals surface area contributed by atoms with Crippen molar-refractivity contribution in [2.45, 2.75) is 19.2 Å². The number of hydrogen-bond donors (Lipinski definition) is 2. The fraction of sp³-hybridized carbons (Fsp3) is 0.190. The highest BCUT2D eigenvalue weighted by molar-refractivity contribution is 6.10. The summed E-state index contributed by atoms with van der Waals surface area (Å²) in [6.07, 6.45) is -4.64. The van der Waals surface area contributed by atoms with Gasteiger partial charge >= 0.3 is 12.3 Å². The molecule has 1 amide bonds.